The van der Waals surface area contributed by atoms with Gasteiger partial charge in [-0.3, -0.25) is 0 Å². The molecule has 0 aliphatic heterocycles. The maximum absolute atomic E-state index is 3.47. The molecule has 0 unspecified atom stereocenters. The van der Waals surface area contributed by atoms with Crippen molar-refractivity contribution in [2.75, 3.05) is 0 Å². The van der Waals surface area contributed by atoms with Crippen molar-refractivity contribution < 1.29 is 49.8 Å². The Hall–Kier alpha value is 2.03. The Morgan fingerprint density at radius 1 is 1.25 bits per heavy atom. The molecule has 0 saturated heterocycles. The first-order valence-electron chi connectivity index (χ1n) is 0.200. The molecule has 0 nitrogen and oxygen atoms in total. The maximum atomic E-state index is 3.47. The van der Waals surface area contributed by atoms with Crippen LogP contribution in [0.5, 0.6) is 0 Å². The number of rotatable bonds is 0. The Balaban J connectivity index is -0.00000000500. The van der Waals surface area contributed by atoms with Gasteiger partial charge in [0.2, 0.25) is 0 Å². The van der Waals surface area contributed by atoms with E-state index in [1.165, 1.54) is 0 Å². The average molecular weight is 196 g/mol. The minimum atomic E-state index is 0. The second-order valence-electron chi connectivity index (χ2n) is 0. The topological polar surface area (TPSA) is 0 Å². The molecule has 0 amide bonds. The summed E-state index contributed by atoms with van der Waals surface area (Å²) in [6.07, 6.45) is 0. The van der Waals surface area contributed by atoms with Gasteiger partial charge in [-0.1, -0.05) is 0 Å². The van der Waals surface area contributed by atoms with E-state index in [4.69, 9.17) is 0 Å². The van der Waals surface area contributed by atoms with E-state index < -0.39 is 0 Å². The summed E-state index contributed by atoms with van der Waals surface area (Å²) in [5, 5.41) is 0. The first-order valence-corrected chi connectivity index (χ1v) is 2.47. The van der Waals surface area contributed by atoms with E-state index in [2.05, 4.69) is 7.04 Å². The zero-order valence-electron chi connectivity index (χ0n) is 1.56. The third kappa shape index (κ3) is 8.98. The summed E-state index contributed by atoms with van der Waals surface area (Å²) in [6, 6.07) is 0. The quantitative estimate of drug-likeness (QED) is 0.398. The third-order valence-corrected chi connectivity index (χ3v) is 0. The third-order valence-electron chi connectivity index (χ3n) is 0. The summed E-state index contributed by atoms with van der Waals surface area (Å²) in [6.45, 7) is 0. The Morgan fingerprint density at radius 3 is 1.25 bits per heavy atom. The van der Waals surface area contributed by atoms with Crippen molar-refractivity contribution in [2.45, 2.75) is 0 Å². The van der Waals surface area contributed by atoms with Crippen molar-refractivity contribution in [1.29, 1.82) is 0 Å². The van der Waals surface area contributed by atoms with Crippen LogP contribution in [0.4, 0.5) is 0 Å². The molecule has 0 rings (SSSR count). The molecule has 0 atom stereocenters. The van der Waals surface area contributed by atoms with E-state index in [-0.39, 0.29) is 33.6 Å². The summed E-state index contributed by atoms with van der Waals surface area (Å²) in [4.78, 5) is 0. The molecular weight excluding hydrogens is 196 g/mol. The van der Waals surface area contributed by atoms with Crippen LogP contribution in [0.1, 0.15) is 0 Å². The van der Waals surface area contributed by atoms with Crippen LogP contribution in [0.3, 0.4) is 0 Å². The molecule has 0 heterocycles. The number of hydrogen-bond donors (Lipinski definition) is 0. The van der Waals surface area contributed by atoms with E-state index in [1.54, 1.807) is 0 Å². The van der Waals surface area contributed by atoms with E-state index in [9.17, 15) is 0 Å². The molecule has 0 radical (unpaired) electrons. The molecule has 0 fully saturated rings. The van der Waals surface area contributed by atoms with Gasteiger partial charge in [0, 0.05) is 33.6 Å². The standard InChI is InChI=1S/Fe.Ni.P.V. The zero-order chi connectivity index (χ0) is 2.00. The van der Waals surface area contributed by atoms with E-state index in [1.807, 2.05) is 16.3 Å². The van der Waals surface area contributed by atoms with Gasteiger partial charge < -0.3 is 0 Å². The van der Waals surface area contributed by atoms with Crippen LogP contribution in [0, 0.1) is 0 Å². The summed E-state index contributed by atoms with van der Waals surface area (Å²) >= 11 is 2.01. The molecule has 0 N–H and O–H groups in total. The SMILES string of the molecule is [Fe].[Ni].[P]#[V]. The molecule has 0 aromatic rings. The Morgan fingerprint density at radius 2 is 1.25 bits per heavy atom. The molecule has 0 saturated carbocycles. The first kappa shape index (κ1) is 16.6. The summed E-state index contributed by atoms with van der Waals surface area (Å²) in [7, 11) is 3.47. The Bertz CT molecular complexity index is 12.8. The van der Waals surface area contributed by atoms with E-state index >= 15 is 0 Å². The molecule has 4 heavy (non-hydrogen) atoms. The van der Waals surface area contributed by atoms with Crippen molar-refractivity contribution in [3.8, 4) is 0 Å². The molecule has 0 spiro atoms. The Labute approximate surface area is 56.6 Å². The van der Waals surface area contributed by atoms with Crippen LogP contribution in [0.15, 0.2) is 0 Å². The summed E-state index contributed by atoms with van der Waals surface area (Å²) in [5.41, 5.74) is 0. The van der Waals surface area contributed by atoms with Crippen molar-refractivity contribution in [1.82, 2.24) is 0 Å². The molecule has 0 aliphatic rings. The molecule has 4 heteroatoms. The second kappa shape index (κ2) is 19.8. The van der Waals surface area contributed by atoms with Crippen LogP contribution in [-0.4, -0.2) is 0 Å². The fraction of sp³-hybridized carbons (Fsp3) is 0. The van der Waals surface area contributed by atoms with Gasteiger partial charge in [0.25, 0.3) is 0 Å². The summed E-state index contributed by atoms with van der Waals surface area (Å²) in [5.74, 6) is 0. The van der Waals surface area contributed by atoms with Gasteiger partial charge in [0.15, 0.2) is 0 Å². The normalized spacial score (nSPS) is 0.500. The molecule has 0 aromatic carbocycles. The van der Waals surface area contributed by atoms with Crippen molar-refractivity contribution >= 4 is 7.04 Å². The second-order valence-corrected chi connectivity index (χ2v) is 0. The van der Waals surface area contributed by atoms with Gasteiger partial charge >= 0.3 is 23.3 Å². The fourth-order valence-electron chi connectivity index (χ4n) is 0. The van der Waals surface area contributed by atoms with Crippen LogP contribution >= 0.6 is 7.04 Å². The van der Waals surface area contributed by atoms with Crippen molar-refractivity contribution in [3.63, 3.8) is 0 Å². The zero-order valence-corrected chi connectivity index (χ0v) is 5.95. The van der Waals surface area contributed by atoms with Gasteiger partial charge in [0.1, 0.15) is 0 Å². The van der Waals surface area contributed by atoms with Crippen molar-refractivity contribution in [2.24, 2.45) is 0 Å². The van der Waals surface area contributed by atoms with Gasteiger partial charge in [-0.15, -0.1) is 0 Å². The van der Waals surface area contributed by atoms with Crippen LogP contribution in [-0.2, 0) is 49.8 Å². The van der Waals surface area contributed by atoms with Crippen LogP contribution in [0.25, 0.3) is 0 Å². The minimum absolute atomic E-state index is 0. The number of hydrogen-bond acceptors (Lipinski definition) is 0. The van der Waals surface area contributed by atoms with Crippen molar-refractivity contribution in [3.05, 3.63) is 0 Å². The van der Waals surface area contributed by atoms with Crippen LogP contribution < -0.4 is 0 Å². The molecule has 0 aliphatic carbocycles. The molecule has 0 aromatic heterocycles. The van der Waals surface area contributed by atoms with Gasteiger partial charge in [-0.25, -0.2) is 0 Å². The summed E-state index contributed by atoms with van der Waals surface area (Å²) < 4.78 is 0. The predicted octanol–water partition coefficient (Wildman–Crippen LogP) is 0.854. The van der Waals surface area contributed by atoms with Gasteiger partial charge in [0.05, 0.1) is 0 Å². The predicted molar refractivity (Wildman–Crippen MR) is 6.92 cm³/mol. The van der Waals surface area contributed by atoms with Gasteiger partial charge in [-0.2, -0.15) is 0 Å². The molecule has 28 valence electrons. The molecule has 0 bridgehead atoms. The first-order chi connectivity index (χ1) is 1.00. The van der Waals surface area contributed by atoms with E-state index in [0.29, 0.717) is 0 Å². The fourth-order valence-corrected chi connectivity index (χ4v) is 0. The monoisotopic (exact) mass is 196 g/mol. The molecular formula is FeNiPV. The average Bonchev–Trinajstić information content (AvgIpc) is 1.00. The van der Waals surface area contributed by atoms with E-state index in [0.717, 1.165) is 0 Å². The van der Waals surface area contributed by atoms with Gasteiger partial charge in [-0.05, 0) is 0 Å². The van der Waals surface area contributed by atoms with Crippen LogP contribution in [0.2, 0.25) is 0 Å². The Kier molecular flexibility index (Phi) is 82.4.